The lowest BCUT2D eigenvalue weighted by Crippen LogP contribution is -2.01. The maximum absolute atomic E-state index is 5.75. The van der Waals surface area contributed by atoms with E-state index >= 15 is 0 Å². The summed E-state index contributed by atoms with van der Waals surface area (Å²) in [6, 6.07) is 11.8. The summed E-state index contributed by atoms with van der Waals surface area (Å²) >= 11 is 1.68. The molecule has 0 N–H and O–H groups in total. The monoisotopic (exact) mass is 285 g/mol. The van der Waals surface area contributed by atoms with E-state index in [0.29, 0.717) is 6.61 Å². The van der Waals surface area contributed by atoms with Crippen molar-refractivity contribution in [3.8, 4) is 17.1 Å². The first-order chi connectivity index (χ1) is 9.83. The molecule has 0 aliphatic rings. The first kappa shape index (κ1) is 12.9. The highest BCUT2D eigenvalue weighted by atomic mass is 32.1. The minimum Gasteiger partial charge on any atom is -0.493 e. The topological polar surface area (TPSA) is 35.3 Å². The first-order valence-electron chi connectivity index (χ1n) is 6.48. The first-order valence-corrected chi connectivity index (χ1v) is 7.36. The Bertz CT molecular complexity index is 656. The van der Waals surface area contributed by atoms with Crippen LogP contribution in [0.2, 0.25) is 0 Å². The third kappa shape index (κ3) is 2.91. The highest BCUT2D eigenvalue weighted by Gasteiger charge is 2.03. The van der Waals surface area contributed by atoms with E-state index in [1.165, 1.54) is 4.88 Å². The average Bonchev–Trinajstić information content (AvgIpc) is 3.12. The Morgan fingerprint density at radius 3 is 2.70 bits per heavy atom. The van der Waals surface area contributed by atoms with E-state index in [-0.39, 0.29) is 0 Å². The Hall–Kier alpha value is -2.07. The predicted octanol–water partition coefficient (Wildman–Crippen LogP) is 4.33. The summed E-state index contributed by atoms with van der Waals surface area (Å²) in [6.45, 7) is 2.70. The maximum Gasteiger partial charge on any atom is 0.133 e. The second kappa shape index (κ2) is 5.92. The van der Waals surface area contributed by atoms with Gasteiger partial charge in [-0.15, -0.1) is 11.3 Å². The number of thiazole rings is 1. The van der Waals surface area contributed by atoms with Crippen molar-refractivity contribution >= 4 is 11.3 Å². The SMILES string of the molecule is Cc1ncsc1CCOc1ccc(-c2ccco2)cc1. The standard InChI is InChI=1S/C16H15NO2S/c1-12-16(20-11-17-12)8-10-18-14-6-4-13(5-7-14)15-3-2-9-19-15/h2-7,9,11H,8,10H2,1H3. The number of hydrogen-bond acceptors (Lipinski definition) is 4. The molecule has 2 aromatic heterocycles. The molecule has 0 unspecified atom stereocenters. The Morgan fingerprint density at radius 1 is 1.20 bits per heavy atom. The van der Waals surface area contributed by atoms with Crippen molar-refractivity contribution in [3.63, 3.8) is 0 Å². The molecule has 0 saturated heterocycles. The van der Waals surface area contributed by atoms with Gasteiger partial charge in [0.15, 0.2) is 0 Å². The second-order valence-corrected chi connectivity index (χ2v) is 5.40. The molecule has 102 valence electrons. The number of ether oxygens (including phenoxy) is 1. The van der Waals surface area contributed by atoms with Crippen molar-refractivity contribution < 1.29 is 9.15 Å². The zero-order valence-electron chi connectivity index (χ0n) is 11.2. The molecular weight excluding hydrogens is 270 g/mol. The Balaban J connectivity index is 1.57. The maximum atomic E-state index is 5.75. The van der Waals surface area contributed by atoms with Gasteiger partial charge < -0.3 is 9.15 Å². The number of benzene rings is 1. The largest absolute Gasteiger partial charge is 0.493 e. The number of hydrogen-bond donors (Lipinski definition) is 0. The van der Waals surface area contributed by atoms with E-state index in [1.807, 2.05) is 48.8 Å². The van der Waals surface area contributed by atoms with Crippen molar-refractivity contribution in [1.82, 2.24) is 4.98 Å². The van der Waals surface area contributed by atoms with Gasteiger partial charge in [-0.2, -0.15) is 0 Å². The van der Waals surface area contributed by atoms with Gasteiger partial charge >= 0.3 is 0 Å². The number of aryl methyl sites for hydroxylation is 1. The Kier molecular flexibility index (Phi) is 3.83. The zero-order valence-corrected chi connectivity index (χ0v) is 12.0. The number of rotatable bonds is 5. The smallest absolute Gasteiger partial charge is 0.133 e. The average molecular weight is 285 g/mol. The number of aromatic nitrogens is 1. The van der Waals surface area contributed by atoms with Gasteiger partial charge in [0, 0.05) is 16.9 Å². The van der Waals surface area contributed by atoms with Crippen LogP contribution in [0.3, 0.4) is 0 Å². The summed E-state index contributed by atoms with van der Waals surface area (Å²) in [6.07, 6.45) is 2.58. The highest BCUT2D eigenvalue weighted by Crippen LogP contribution is 2.23. The molecule has 0 amide bonds. The van der Waals surface area contributed by atoms with Crippen LogP contribution in [0.15, 0.2) is 52.6 Å². The molecule has 1 aromatic carbocycles. The molecule has 0 spiro atoms. The van der Waals surface area contributed by atoms with Crippen molar-refractivity contribution in [2.24, 2.45) is 0 Å². The molecule has 0 fully saturated rings. The fourth-order valence-corrected chi connectivity index (χ4v) is 2.75. The fraction of sp³-hybridized carbons (Fsp3) is 0.188. The van der Waals surface area contributed by atoms with Crippen LogP contribution in [0.1, 0.15) is 10.6 Å². The minimum absolute atomic E-state index is 0.670. The lowest BCUT2D eigenvalue weighted by molar-refractivity contribution is 0.322. The van der Waals surface area contributed by atoms with Crippen LogP contribution in [0, 0.1) is 6.92 Å². The van der Waals surface area contributed by atoms with Crippen LogP contribution in [0.4, 0.5) is 0 Å². The Labute approximate surface area is 121 Å². The minimum atomic E-state index is 0.670. The van der Waals surface area contributed by atoms with Crippen LogP contribution in [-0.2, 0) is 6.42 Å². The molecule has 0 saturated carbocycles. The molecule has 2 heterocycles. The molecule has 3 nitrogen and oxygen atoms in total. The quantitative estimate of drug-likeness (QED) is 0.699. The number of nitrogens with zero attached hydrogens (tertiary/aromatic N) is 1. The van der Waals surface area contributed by atoms with E-state index in [0.717, 1.165) is 29.2 Å². The summed E-state index contributed by atoms with van der Waals surface area (Å²) < 4.78 is 11.1. The molecule has 0 radical (unpaired) electrons. The third-order valence-corrected chi connectivity index (χ3v) is 4.10. The van der Waals surface area contributed by atoms with Crippen LogP contribution in [0.5, 0.6) is 5.75 Å². The summed E-state index contributed by atoms with van der Waals surface area (Å²) in [5, 5.41) is 0. The molecule has 0 aliphatic carbocycles. The normalized spacial score (nSPS) is 10.7. The van der Waals surface area contributed by atoms with Crippen LogP contribution in [-0.4, -0.2) is 11.6 Å². The van der Waals surface area contributed by atoms with Gasteiger partial charge in [0.25, 0.3) is 0 Å². The van der Waals surface area contributed by atoms with E-state index in [9.17, 15) is 0 Å². The van der Waals surface area contributed by atoms with Gasteiger partial charge in [-0.3, -0.25) is 0 Å². The van der Waals surface area contributed by atoms with Crippen molar-refractivity contribution in [2.75, 3.05) is 6.61 Å². The predicted molar refractivity (Wildman–Crippen MR) is 80.2 cm³/mol. The molecule has 0 atom stereocenters. The van der Waals surface area contributed by atoms with E-state index in [2.05, 4.69) is 4.98 Å². The van der Waals surface area contributed by atoms with Gasteiger partial charge in [0.05, 0.1) is 24.1 Å². The van der Waals surface area contributed by atoms with E-state index < -0.39 is 0 Å². The van der Waals surface area contributed by atoms with Gasteiger partial charge in [-0.05, 0) is 43.3 Å². The van der Waals surface area contributed by atoms with Crippen LogP contribution in [0.25, 0.3) is 11.3 Å². The van der Waals surface area contributed by atoms with Crippen molar-refractivity contribution in [1.29, 1.82) is 0 Å². The third-order valence-electron chi connectivity index (χ3n) is 3.10. The highest BCUT2D eigenvalue weighted by molar-refractivity contribution is 7.09. The fourth-order valence-electron chi connectivity index (χ4n) is 1.99. The van der Waals surface area contributed by atoms with Gasteiger partial charge in [0.1, 0.15) is 11.5 Å². The zero-order chi connectivity index (χ0) is 13.8. The second-order valence-electron chi connectivity index (χ2n) is 4.46. The Morgan fingerprint density at radius 2 is 2.05 bits per heavy atom. The summed E-state index contributed by atoms with van der Waals surface area (Å²) in [5.41, 5.74) is 4.04. The molecule has 4 heteroatoms. The molecular formula is C16H15NO2S. The summed E-state index contributed by atoms with van der Waals surface area (Å²) in [4.78, 5) is 5.52. The summed E-state index contributed by atoms with van der Waals surface area (Å²) in [5.74, 6) is 1.75. The van der Waals surface area contributed by atoms with Crippen molar-refractivity contribution in [3.05, 3.63) is 58.7 Å². The molecule has 3 rings (SSSR count). The van der Waals surface area contributed by atoms with Crippen LogP contribution >= 0.6 is 11.3 Å². The van der Waals surface area contributed by atoms with E-state index in [1.54, 1.807) is 17.6 Å². The molecule has 0 aliphatic heterocycles. The molecule has 3 aromatic rings. The summed E-state index contributed by atoms with van der Waals surface area (Å²) in [7, 11) is 0. The molecule has 0 bridgehead atoms. The molecule has 20 heavy (non-hydrogen) atoms. The van der Waals surface area contributed by atoms with Gasteiger partial charge in [0.2, 0.25) is 0 Å². The van der Waals surface area contributed by atoms with Crippen LogP contribution < -0.4 is 4.74 Å². The lowest BCUT2D eigenvalue weighted by atomic mass is 10.2. The van der Waals surface area contributed by atoms with E-state index in [4.69, 9.17) is 9.15 Å². The van der Waals surface area contributed by atoms with Crippen molar-refractivity contribution in [2.45, 2.75) is 13.3 Å². The number of furan rings is 1. The van der Waals surface area contributed by atoms with Gasteiger partial charge in [-0.1, -0.05) is 0 Å². The van der Waals surface area contributed by atoms with Gasteiger partial charge in [-0.25, -0.2) is 4.98 Å². The lowest BCUT2D eigenvalue weighted by Gasteiger charge is -2.06.